The maximum Gasteiger partial charge on any atom is 0.358 e. The highest BCUT2D eigenvalue weighted by Crippen LogP contribution is 2.32. The van der Waals surface area contributed by atoms with Gasteiger partial charge >= 0.3 is 5.97 Å². The molecule has 0 aliphatic carbocycles. The molecule has 0 radical (unpaired) electrons. The zero-order valence-electron chi connectivity index (χ0n) is 10.4. The monoisotopic (exact) mass is 287 g/mol. The molecule has 0 spiro atoms. The minimum Gasteiger partial charge on any atom is -0.476 e. The van der Waals surface area contributed by atoms with Crippen molar-refractivity contribution in [3.63, 3.8) is 0 Å². The van der Waals surface area contributed by atoms with Crippen LogP contribution in [0.4, 0.5) is 0 Å². The Morgan fingerprint density at radius 3 is 3.00 bits per heavy atom. The van der Waals surface area contributed by atoms with Crippen molar-refractivity contribution in [2.24, 2.45) is 0 Å². The molecule has 3 heterocycles. The summed E-state index contributed by atoms with van der Waals surface area (Å²) in [6.45, 7) is 1.96. The van der Waals surface area contributed by atoms with Crippen LogP contribution >= 0.6 is 11.3 Å². The fourth-order valence-corrected chi connectivity index (χ4v) is 2.61. The van der Waals surface area contributed by atoms with E-state index in [-0.39, 0.29) is 11.4 Å². The summed E-state index contributed by atoms with van der Waals surface area (Å²) < 4.78 is 5.61. The highest BCUT2D eigenvalue weighted by Gasteiger charge is 2.15. The van der Waals surface area contributed by atoms with Crippen molar-refractivity contribution in [1.29, 1.82) is 0 Å². The number of hydrogen-bond acceptors (Lipinski definition) is 6. The van der Waals surface area contributed by atoms with Gasteiger partial charge in [-0.3, -0.25) is 0 Å². The number of hydrogen-bond donors (Lipinski definition) is 1. The molecule has 7 heteroatoms. The van der Waals surface area contributed by atoms with Crippen LogP contribution in [0.2, 0.25) is 0 Å². The summed E-state index contributed by atoms with van der Waals surface area (Å²) in [6.07, 6.45) is 2.80. The molecular formula is C13H9N3O3S. The predicted molar refractivity (Wildman–Crippen MR) is 73.4 cm³/mol. The SMILES string of the molecule is Cc1cc2c(Oc3cccnc3C(=O)O)ncnc2s1. The largest absolute Gasteiger partial charge is 0.476 e. The van der Waals surface area contributed by atoms with Crippen LogP contribution in [0.1, 0.15) is 15.4 Å². The van der Waals surface area contributed by atoms with Gasteiger partial charge in [0.25, 0.3) is 0 Å². The maximum atomic E-state index is 11.1. The first kappa shape index (κ1) is 12.5. The second kappa shape index (κ2) is 4.86. The number of carbonyl (C=O) groups is 1. The quantitative estimate of drug-likeness (QED) is 0.797. The second-order valence-electron chi connectivity index (χ2n) is 4.01. The molecule has 3 rings (SSSR count). The first-order valence-corrected chi connectivity index (χ1v) is 6.54. The standard InChI is InChI=1S/C13H9N3O3S/c1-7-5-8-11(15-6-16-12(8)20-7)19-9-3-2-4-14-10(9)13(17)18/h2-6H,1H3,(H,17,18). The molecule has 0 unspecified atom stereocenters. The molecule has 100 valence electrons. The van der Waals surface area contributed by atoms with E-state index in [0.29, 0.717) is 5.88 Å². The fraction of sp³-hybridized carbons (Fsp3) is 0.0769. The number of rotatable bonds is 3. The number of aromatic carboxylic acids is 1. The van der Waals surface area contributed by atoms with Crippen molar-refractivity contribution in [1.82, 2.24) is 15.0 Å². The van der Waals surface area contributed by atoms with Gasteiger partial charge in [0.1, 0.15) is 11.2 Å². The number of ether oxygens (including phenoxy) is 1. The molecule has 0 saturated carbocycles. The lowest BCUT2D eigenvalue weighted by atomic mass is 10.3. The average Bonchev–Trinajstić information content (AvgIpc) is 2.80. The molecular weight excluding hydrogens is 278 g/mol. The Labute approximate surface area is 117 Å². The van der Waals surface area contributed by atoms with E-state index < -0.39 is 5.97 Å². The van der Waals surface area contributed by atoms with Gasteiger partial charge in [-0.2, -0.15) is 0 Å². The summed E-state index contributed by atoms with van der Waals surface area (Å²) in [7, 11) is 0. The highest BCUT2D eigenvalue weighted by atomic mass is 32.1. The minimum absolute atomic E-state index is 0.147. The van der Waals surface area contributed by atoms with Crippen LogP contribution in [0, 0.1) is 6.92 Å². The van der Waals surface area contributed by atoms with Crippen LogP contribution in [-0.2, 0) is 0 Å². The molecule has 3 aromatic rings. The smallest absolute Gasteiger partial charge is 0.358 e. The van der Waals surface area contributed by atoms with Gasteiger partial charge in [-0.25, -0.2) is 19.7 Å². The summed E-state index contributed by atoms with van der Waals surface area (Å²) in [5, 5.41) is 9.85. The van der Waals surface area contributed by atoms with Crippen LogP contribution in [-0.4, -0.2) is 26.0 Å². The number of aryl methyl sites for hydroxylation is 1. The normalized spacial score (nSPS) is 10.7. The summed E-state index contributed by atoms with van der Waals surface area (Å²) >= 11 is 1.52. The Hall–Kier alpha value is -2.54. The van der Waals surface area contributed by atoms with Crippen LogP contribution in [0.15, 0.2) is 30.7 Å². The van der Waals surface area contributed by atoms with Gasteiger partial charge in [0.2, 0.25) is 5.88 Å². The van der Waals surface area contributed by atoms with E-state index in [1.54, 1.807) is 12.1 Å². The lowest BCUT2D eigenvalue weighted by Crippen LogP contribution is -2.03. The van der Waals surface area contributed by atoms with E-state index in [4.69, 9.17) is 9.84 Å². The molecule has 0 saturated heterocycles. The number of aromatic nitrogens is 3. The Bertz CT molecular complexity index is 800. The first-order chi connectivity index (χ1) is 9.65. The van der Waals surface area contributed by atoms with Crippen molar-refractivity contribution in [3.8, 4) is 11.6 Å². The molecule has 0 aliphatic rings. The molecule has 20 heavy (non-hydrogen) atoms. The number of fused-ring (bicyclic) bond motifs is 1. The van der Waals surface area contributed by atoms with Gasteiger partial charge in [0.05, 0.1) is 5.39 Å². The molecule has 1 N–H and O–H groups in total. The Kier molecular flexibility index (Phi) is 3.03. The van der Waals surface area contributed by atoms with E-state index in [9.17, 15) is 4.79 Å². The molecule has 0 aromatic carbocycles. The average molecular weight is 287 g/mol. The summed E-state index contributed by atoms with van der Waals surface area (Å²) in [5.74, 6) is -0.661. The van der Waals surface area contributed by atoms with Crippen molar-refractivity contribution in [2.45, 2.75) is 6.92 Å². The third-order valence-corrected chi connectivity index (χ3v) is 3.55. The van der Waals surface area contributed by atoms with Gasteiger partial charge in [-0.15, -0.1) is 11.3 Å². The van der Waals surface area contributed by atoms with Crippen molar-refractivity contribution in [3.05, 3.63) is 41.3 Å². The van der Waals surface area contributed by atoms with Crippen LogP contribution in [0.5, 0.6) is 11.6 Å². The van der Waals surface area contributed by atoms with E-state index >= 15 is 0 Å². The Balaban J connectivity index is 2.08. The summed E-state index contributed by atoms with van der Waals surface area (Å²) in [4.78, 5) is 25.0. The van der Waals surface area contributed by atoms with Crippen LogP contribution in [0.3, 0.4) is 0 Å². The molecule has 0 fully saturated rings. The molecule has 6 nitrogen and oxygen atoms in total. The van der Waals surface area contributed by atoms with E-state index in [2.05, 4.69) is 15.0 Å². The number of carboxylic acids is 1. The molecule has 0 amide bonds. The third-order valence-electron chi connectivity index (χ3n) is 2.60. The third kappa shape index (κ3) is 2.19. The summed E-state index contributed by atoms with van der Waals surface area (Å²) in [5.41, 5.74) is -0.147. The van der Waals surface area contributed by atoms with Gasteiger partial charge in [0, 0.05) is 11.1 Å². The van der Waals surface area contributed by atoms with Gasteiger partial charge in [-0.05, 0) is 25.1 Å². The fourth-order valence-electron chi connectivity index (χ4n) is 1.77. The van der Waals surface area contributed by atoms with Gasteiger partial charge in [0.15, 0.2) is 11.4 Å². The topological polar surface area (TPSA) is 85.2 Å². The zero-order chi connectivity index (χ0) is 14.1. The number of carboxylic acid groups (broad SMARTS) is 1. The Morgan fingerprint density at radius 2 is 2.20 bits per heavy atom. The molecule has 0 atom stereocenters. The van der Waals surface area contributed by atoms with Gasteiger partial charge < -0.3 is 9.84 Å². The highest BCUT2D eigenvalue weighted by molar-refractivity contribution is 7.18. The molecule has 3 aromatic heterocycles. The van der Waals surface area contributed by atoms with Crippen LogP contribution in [0.25, 0.3) is 10.2 Å². The molecule has 0 aliphatic heterocycles. The van der Waals surface area contributed by atoms with Crippen LogP contribution < -0.4 is 4.74 Å². The lowest BCUT2D eigenvalue weighted by molar-refractivity contribution is 0.0687. The number of nitrogens with zero attached hydrogens (tertiary/aromatic N) is 3. The summed E-state index contributed by atoms with van der Waals surface area (Å²) in [6, 6.07) is 5.06. The van der Waals surface area contributed by atoms with Crippen molar-refractivity contribution < 1.29 is 14.6 Å². The van der Waals surface area contributed by atoms with Gasteiger partial charge in [-0.1, -0.05) is 0 Å². The lowest BCUT2D eigenvalue weighted by Gasteiger charge is -2.07. The Morgan fingerprint density at radius 1 is 1.35 bits per heavy atom. The van der Waals surface area contributed by atoms with E-state index in [1.807, 2.05) is 13.0 Å². The van der Waals surface area contributed by atoms with E-state index in [1.165, 1.54) is 23.9 Å². The van der Waals surface area contributed by atoms with Crippen molar-refractivity contribution in [2.75, 3.05) is 0 Å². The van der Waals surface area contributed by atoms with E-state index in [0.717, 1.165) is 15.1 Å². The first-order valence-electron chi connectivity index (χ1n) is 5.72. The van der Waals surface area contributed by atoms with Crippen molar-refractivity contribution >= 4 is 27.5 Å². The number of thiophene rings is 1. The second-order valence-corrected chi connectivity index (χ2v) is 5.25. The number of pyridine rings is 1. The zero-order valence-corrected chi connectivity index (χ0v) is 11.2. The maximum absolute atomic E-state index is 11.1. The predicted octanol–water partition coefficient (Wildman–Crippen LogP) is 2.89. The minimum atomic E-state index is -1.15. The molecule has 0 bridgehead atoms.